The average Bonchev–Trinajstić information content (AvgIpc) is 2.49. The molecule has 22 heavy (non-hydrogen) atoms. The Labute approximate surface area is 130 Å². The van der Waals surface area contributed by atoms with Crippen molar-refractivity contribution in [2.24, 2.45) is 10.8 Å². The summed E-state index contributed by atoms with van der Waals surface area (Å²) in [5.74, 6) is -0.857. The number of hydrogen-bond donors (Lipinski definition) is 2. The van der Waals surface area contributed by atoms with Gasteiger partial charge in [-0.25, -0.2) is 0 Å². The second kappa shape index (κ2) is 14.1. The number of nitrogens with one attached hydrogen (secondary N) is 1. The van der Waals surface area contributed by atoms with E-state index in [1.807, 2.05) is 6.92 Å². The van der Waals surface area contributed by atoms with Crippen LogP contribution >= 0.6 is 0 Å². The smallest absolute Gasteiger partial charge is 0.239 e. The molecule has 0 aliphatic heterocycles. The number of nitrogens with two attached hydrogens (primary N) is 1. The van der Waals surface area contributed by atoms with Crippen LogP contribution in [0.15, 0.2) is 5.11 Å². The fourth-order valence-corrected chi connectivity index (χ4v) is 1.66. The maximum absolute atomic E-state index is 11.7. The van der Waals surface area contributed by atoms with Crippen LogP contribution in [0.2, 0.25) is 0 Å². The van der Waals surface area contributed by atoms with Gasteiger partial charge in [0, 0.05) is 24.5 Å². The lowest BCUT2D eigenvalue weighted by Gasteiger charge is -2.15. The molecule has 0 heterocycles. The van der Waals surface area contributed by atoms with Crippen LogP contribution in [0.4, 0.5) is 0 Å². The summed E-state index contributed by atoms with van der Waals surface area (Å²) in [6.07, 6.45) is 1.86. The van der Waals surface area contributed by atoms with E-state index >= 15 is 0 Å². The summed E-state index contributed by atoms with van der Waals surface area (Å²) in [7, 11) is 0. The summed E-state index contributed by atoms with van der Waals surface area (Å²) in [6.45, 7) is 4.08. The maximum atomic E-state index is 11.7. The second-order valence-electron chi connectivity index (χ2n) is 4.53. The van der Waals surface area contributed by atoms with E-state index in [-0.39, 0.29) is 18.9 Å². The van der Waals surface area contributed by atoms with Crippen LogP contribution in [0, 0.1) is 0 Å². The van der Waals surface area contributed by atoms with E-state index in [4.69, 9.17) is 20.7 Å². The average molecular weight is 315 g/mol. The molecular weight excluding hydrogens is 290 g/mol. The first-order valence-corrected chi connectivity index (χ1v) is 7.36. The highest BCUT2D eigenvalue weighted by Gasteiger charge is 2.17. The number of hydrogen-bond acceptors (Lipinski definition) is 5. The Morgan fingerprint density at radius 1 is 1.27 bits per heavy atom. The minimum absolute atomic E-state index is 0.161. The monoisotopic (exact) mass is 315 g/mol. The van der Waals surface area contributed by atoms with E-state index in [0.29, 0.717) is 45.6 Å². The summed E-state index contributed by atoms with van der Waals surface area (Å²) in [5, 5.41) is 5.98. The fraction of sp³-hybridized carbons (Fsp3) is 0.846. The van der Waals surface area contributed by atoms with E-state index in [0.717, 1.165) is 0 Å². The molecule has 0 unspecified atom stereocenters. The van der Waals surface area contributed by atoms with E-state index in [1.54, 1.807) is 0 Å². The van der Waals surface area contributed by atoms with E-state index < -0.39 is 11.9 Å². The Bertz CT molecular complexity index is 371. The molecule has 0 aliphatic rings. The summed E-state index contributed by atoms with van der Waals surface area (Å²) < 4.78 is 10.3. The van der Waals surface area contributed by atoms with Crippen molar-refractivity contribution in [3.05, 3.63) is 10.4 Å². The molecule has 0 saturated heterocycles. The molecule has 3 N–H and O–H groups in total. The minimum Gasteiger partial charge on any atom is -0.379 e. The highest BCUT2D eigenvalue weighted by Crippen LogP contribution is 2.02. The van der Waals surface area contributed by atoms with Gasteiger partial charge in [-0.05, 0) is 25.3 Å². The Hall–Kier alpha value is -1.83. The van der Waals surface area contributed by atoms with Gasteiger partial charge in [0.2, 0.25) is 11.8 Å². The van der Waals surface area contributed by atoms with Crippen molar-refractivity contribution < 1.29 is 19.1 Å². The first kappa shape index (κ1) is 20.2. The SMILES string of the molecule is CCOCCOCCC(=O)N[C@@H](CCCCN=[N+]=[N-])C(N)=O. The fourth-order valence-electron chi connectivity index (χ4n) is 1.66. The molecule has 0 aromatic rings. The zero-order valence-corrected chi connectivity index (χ0v) is 13.0. The first-order chi connectivity index (χ1) is 10.6. The molecule has 2 amide bonds. The lowest BCUT2D eigenvalue weighted by Crippen LogP contribution is -2.44. The lowest BCUT2D eigenvalue weighted by atomic mass is 10.1. The second-order valence-corrected chi connectivity index (χ2v) is 4.53. The Balaban J connectivity index is 3.83. The van der Waals surface area contributed by atoms with Crippen molar-refractivity contribution in [1.82, 2.24) is 5.32 Å². The number of amides is 2. The maximum Gasteiger partial charge on any atom is 0.239 e. The third-order valence-electron chi connectivity index (χ3n) is 2.79. The number of rotatable bonds is 14. The number of unbranched alkanes of at least 4 members (excludes halogenated alkanes) is 1. The summed E-state index contributed by atoms with van der Waals surface area (Å²) in [6, 6.07) is -0.706. The van der Waals surface area contributed by atoms with Gasteiger partial charge in [-0.2, -0.15) is 0 Å². The molecule has 0 bridgehead atoms. The molecule has 0 aromatic heterocycles. The normalized spacial score (nSPS) is 11.5. The predicted molar refractivity (Wildman–Crippen MR) is 80.9 cm³/mol. The molecule has 0 rings (SSSR count). The number of ether oxygens (including phenoxy) is 2. The predicted octanol–water partition coefficient (Wildman–Crippen LogP) is 0.880. The molecule has 1 atom stereocenters. The molecule has 126 valence electrons. The van der Waals surface area contributed by atoms with Crippen molar-refractivity contribution in [1.29, 1.82) is 0 Å². The van der Waals surface area contributed by atoms with Crippen molar-refractivity contribution in [2.75, 3.05) is 33.0 Å². The highest BCUT2D eigenvalue weighted by molar-refractivity contribution is 5.86. The van der Waals surface area contributed by atoms with Gasteiger partial charge >= 0.3 is 0 Å². The molecule has 9 nitrogen and oxygen atoms in total. The molecule has 0 aromatic carbocycles. The van der Waals surface area contributed by atoms with Gasteiger partial charge in [-0.15, -0.1) is 0 Å². The van der Waals surface area contributed by atoms with Crippen LogP contribution in [0.5, 0.6) is 0 Å². The van der Waals surface area contributed by atoms with Crippen LogP contribution in [0.25, 0.3) is 10.4 Å². The first-order valence-electron chi connectivity index (χ1n) is 7.36. The van der Waals surface area contributed by atoms with Crippen LogP contribution in [-0.2, 0) is 19.1 Å². The summed E-state index contributed by atoms with van der Waals surface area (Å²) in [5.41, 5.74) is 13.4. The summed E-state index contributed by atoms with van der Waals surface area (Å²) in [4.78, 5) is 25.6. The van der Waals surface area contributed by atoms with E-state index in [1.165, 1.54) is 0 Å². The van der Waals surface area contributed by atoms with E-state index in [9.17, 15) is 9.59 Å². The Morgan fingerprint density at radius 3 is 2.64 bits per heavy atom. The number of nitrogens with zero attached hydrogens (tertiary/aromatic N) is 3. The third kappa shape index (κ3) is 12.0. The van der Waals surface area contributed by atoms with Crippen molar-refractivity contribution in [3.8, 4) is 0 Å². The number of carbonyl (C=O) groups is 2. The van der Waals surface area contributed by atoms with Gasteiger partial charge in [0.05, 0.1) is 19.8 Å². The van der Waals surface area contributed by atoms with Crippen molar-refractivity contribution in [3.63, 3.8) is 0 Å². The third-order valence-corrected chi connectivity index (χ3v) is 2.79. The molecule has 9 heteroatoms. The topological polar surface area (TPSA) is 139 Å². The number of primary amides is 1. The van der Waals surface area contributed by atoms with Crippen LogP contribution in [0.1, 0.15) is 32.6 Å². The van der Waals surface area contributed by atoms with Gasteiger partial charge in [0.15, 0.2) is 0 Å². The number of azide groups is 1. The van der Waals surface area contributed by atoms with Crippen molar-refractivity contribution >= 4 is 11.8 Å². The zero-order chi connectivity index (χ0) is 16.6. The number of carbonyl (C=O) groups excluding carboxylic acids is 2. The van der Waals surface area contributed by atoms with E-state index in [2.05, 4.69) is 15.3 Å². The Morgan fingerprint density at radius 2 is 2.00 bits per heavy atom. The Kier molecular flexibility index (Phi) is 12.9. The van der Waals surface area contributed by atoms with Gasteiger partial charge in [-0.1, -0.05) is 11.5 Å². The van der Waals surface area contributed by atoms with Crippen LogP contribution in [0.3, 0.4) is 0 Å². The lowest BCUT2D eigenvalue weighted by molar-refractivity contribution is -0.128. The molecule has 0 aliphatic carbocycles. The largest absolute Gasteiger partial charge is 0.379 e. The van der Waals surface area contributed by atoms with Gasteiger partial charge < -0.3 is 20.5 Å². The molecule has 0 saturated carbocycles. The van der Waals surface area contributed by atoms with Gasteiger partial charge in [0.25, 0.3) is 0 Å². The quantitative estimate of drug-likeness (QED) is 0.212. The zero-order valence-electron chi connectivity index (χ0n) is 13.0. The molecule has 0 spiro atoms. The molecule has 0 radical (unpaired) electrons. The van der Waals surface area contributed by atoms with Crippen LogP contribution in [-0.4, -0.2) is 50.8 Å². The molecule has 0 fully saturated rings. The minimum atomic E-state index is -0.706. The van der Waals surface area contributed by atoms with Gasteiger partial charge in [-0.3, -0.25) is 9.59 Å². The summed E-state index contributed by atoms with van der Waals surface area (Å²) >= 11 is 0. The standard InChI is InChI=1S/C13H25N5O4/c1-2-21-9-10-22-8-6-12(19)17-11(13(14)20)5-3-4-7-16-18-15/h11H,2-10H2,1H3,(H2,14,20)(H,17,19)/t11-/m0/s1. The van der Waals surface area contributed by atoms with Gasteiger partial charge in [0.1, 0.15) is 6.04 Å². The highest BCUT2D eigenvalue weighted by atomic mass is 16.5. The van der Waals surface area contributed by atoms with Crippen LogP contribution < -0.4 is 11.1 Å². The molecular formula is C13H25N5O4. The van der Waals surface area contributed by atoms with Crippen molar-refractivity contribution in [2.45, 2.75) is 38.6 Å².